The fourth-order valence-corrected chi connectivity index (χ4v) is 9.10. The van der Waals surface area contributed by atoms with Crippen LogP contribution < -0.4 is 0 Å². The van der Waals surface area contributed by atoms with Crippen LogP contribution in [0.1, 0.15) is 0 Å². The molecule has 0 aliphatic carbocycles. The normalized spacial score (nSPS) is 11.1. The second-order valence-corrected chi connectivity index (χ2v) is 17.5. The van der Waals surface area contributed by atoms with Crippen molar-refractivity contribution in [2.45, 2.75) is 0 Å². The molecule has 2 aromatic heterocycles. The van der Waals surface area contributed by atoms with Crippen molar-refractivity contribution in [2.75, 3.05) is 0 Å². The van der Waals surface area contributed by atoms with Crippen LogP contribution in [0.4, 0.5) is 0 Å². The molecule has 0 unspecified atom stereocenters. The quantitative estimate of drug-likeness (QED) is 0.129. The van der Waals surface area contributed by atoms with Gasteiger partial charge in [0.1, 0.15) is 0 Å². The van der Waals surface area contributed by atoms with Crippen molar-refractivity contribution in [2.24, 2.45) is 0 Å². The zero-order valence-corrected chi connectivity index (χ0v) is 39.1. The monoisotopic (exact) mass is 920 g/mol. The van der Waals surface area contributed by atoms with Crippen LogP contribution in [0.15, 0.2) is 267 Å². The standard InChI is InChI=1S/C66H44N6/c1-5-17-45(18-6-1)49-29-37-53(38-30-49)61-67-62(54-39-31-50(32-40-54)46-19-7-2-8-20-46)70-65(69-61)59-27-15-13-25-57(59)58-26-14-16-28-60(58)66-71-63(55-41-33-51(34-42-55)47-21-9-3-10-22-47)68-64(72-66)56-43-35-52(36-44-56)48-23-11-4-12-24-48/h1-44H. The molecule has 6 nitrogen and oxygen atoms in total. The van der Waals surface area contributed by atoms with Crippen molar-refractivity contribution in [3.05, 3.63) is 267 Å². The Bertz CT molecular complexity index is 3330. The van der Waals surface area contributed by atoms with Gasteiger partial charge in [-0.05, 0) is 55.6 Å². The van der Waals surface area contributed by atoms with Gasteiger partial charge in [-0.2, -0.15) is 0 Å². The summed E-state index contributed by atoms with van der Waals surface area (Å²) >= 11 is 0. The van der Waals surface area contributed by atoms with E-state index < -0.39 is 0 Å². The van der Waals surface area contributed by atoms with Gasteiger partial charge in [-0.3, -0.25) is 0 Å². The zero-order valence-electron chi connectivity index (χ0n) is 39.1. The molecule has 0 amide bonds. The minimum Gasteiger partial charge on any atom is -0.208 e. The number of hydrogen-bond acceptors (Lipinski definition) is 6. The highest BCUT2D eigenvalue weighted by atomic mass is 15.0. The SMILES string of the molecule is c1ccc(-c2ccc(-c3nc(-c4ccc(-c5ccccc5)cc4)nc(-c4ccccc4-c4ccccc4-c4nc(-c5ccc(-c6ccccc6)cc5)nc(-c5ccc(-c6ccccc6)cc5)n4)n3)cc2)cc1. The van der Waals surface area contributed by atoms with Crippen molar-refractivity contribution in [3.8, 4) is 124 Å². The smallest absolute Gasteiger partial charge is 0.164 e. The van der Waals surface area contributed by atoms with Crippen LogP contribution in [-0.2, 0) is 0 Å². The van der Waals surface area contributed by atoms with E-state index in [1.807, 2.05) is 36.4 Å². The summed E-state index contributed by atoms with van der Waals surface area (Å²) in [5, 5.41) is 0. The molecule has 12 rings (SSSR count). The van der Waals surface area contributed by atoms with Crippen LogP contribution in [0.3, 0.4) is 0 Å². The zero-order chi connectivity index (χ0) is 48.1. The van der Waals surface area contributed by atoms with Crippen LogP contribution >= 0.6 is 0 Å². The van der Waals surface area contributed by atoms with Gasteiger partial charge in [0, 0.05) is 33.4 Å². The third-order valence-corrected chi connectivity index (χ3v) is 12.9. The number of hydrogen-bond donors (Lipinski definition) is 0. The fraction of sp³-hybridized carbons (Fsp3) is 0. The number of nitrogens with zero attached hydrogens (tertiary/aromatic N) is 6. The van der Waals surface area contributed by atoms with Gasteiger partial charge in [-0.1, -0.05) is 267 Å². The summed E-state index contributed by atoms with van der Waals surface area (Å²) in [6.45, 7) is 0. The molecule has 0 fully saturated rings. The van der Waals surface area contributed by atoms with E-state index in [9.17, 15) is 0 Å². The van der Waals surface area contributed by atoms with Crippen LogP contribution in [0.2, 0.25) is 0 Å². The summed E-state index contributed by atoms with van der Waals surface area (Å²) in [6.07, 6.45) is 0. The van der Waals surface area contributed by atoms with E-state index in [1.54, 1.807) is 0 Å². The van der Waals surface area contributed by atoms with Gasteiger partial charge in [0.15, 0.2) is 34.9 Å². The molecule has 0 aliphatic rings. The highest BCUT2D eigenvalue weighted by Gasteiger charge is 2.21. The Hall–Kier alpha value is -9.78. The molecule has 10 aromatic carbocycles. The summed E-state index contributed by atoms with van der Waals surface area (Å²) < 4.78 is 0. The van der Waals surface area contributed by atoms with E-state index >= 15 is 0 Å². The Balaban J connectivity index is 0.982. The first-order chi connectivity index (χ1) is 35.7. The molecule has 0 N–H and O–H groups in total. The Morgan fingerprint density at radius 2 is 0.292 bits per heavy atom. The fourth-order valence-electron chi connectivity index (χ4n) is 9.10. The molecule has 0 bridgehead atoms. The average Bonchev–Trinajstić information content (AvgIpc) is 3.48. The summed E-state index contributed by atoms with van der Waals surface area (Å²) in [7, 11) is 0. The van der Waals surface area contributed by atoms with Crippen LogP contribution in [0.25, 0.3) is 124 Å². The minimum atomic E-state index is 0.550. The van der Waals surface area contributed by atoms with Gasteiger partial charge >= 0.3 is 0 Å². The lowest BCUT2D eigenvalue weighted by atomic mass is 9.94. The molecule has 6 heteroatoms. The van der Waals surface area contributed by atoms with Crippen molar-refractivity contribution in [3.63, 3.8) is 0 Å². The highest BCUT2D eigenvalue weighted by Crippen LogP contribution is 2.39. The van der Waals surface area contributed by atoms with Gasteiger partial charge < -0.3 is 0 Å². The first-order valence-corrected chi connectivity index (χ1v) is 24.0. The third-order valence-electron chi connectivity index (χ3n) is 12.9. The molecular weight excluding hydrogens is 877 g/mol. The van der Waals surface area contributed by atoms with Gasteiger partial charge in [-0.25, -0.2) is 29.9 Å². The van der Waals surface area contributed by atoms with Gasteiger partial charge in [0.25, 0.3) is 0 Å². The lowest BCUT2D eigenvalue weighted by Gasteiger charge is -2.15. The Morgan fingerprint density at radius 3 is 0.528 bits per heavy atom. The van der Waals surface area contributed by atoms with Crippen molar-refractivity contribution in [1.82, 2.24) is 29.9 Å². The predicted octanol–water partition coefficient (Wildman–Crippen LogP) is 16.4. The second-order valence-electron chi connectivity index (χ2n) is 17.5. The molecule has 338 valence electrons. The van der Waals surface area contributed by atoms with Crippen LogP contribution in [0.5, 0.6) is 0 Å². The molecule has 0 radical (unpaired) electrons. The lowest BCUT2D eigenvalue weighted by Crippen LogP contribution is -2.03. The van der Waals surface area contributed by atoms with E-state index in [0.29, 0.717) is 34.9 Å². The summed E-state index contributed by atoms with van der Waals surface area (Å²) in [5.74, 6) is 3.41. The Kier molecular flexibility index (Phi) is 11.9. The van der Waals surface area contributed by atoms with E-state index in [4.69, 9.17) is 29.9 Å². The predicted molar refractivity (Wildman–Crippen MR) is 293 cm³/mol. The largest absolute Gasteiger partial charge is 0.208 e. The summed E-state index contributed by atoms with van der Waals surface area (Å²) in [5.41, 5.74) is 16.1. The molecular formula is C66H44N6. The molecule has 0 aliphatic heterocycles. The van der Waals surface area contributed by atoms with Crippen LogP contribution in [-0.4, -0.2) is 29.9 Å². The maximum Gasteiger partial charge on any atom is 0.164 e. The highest BCUT2D eigenvalue weighted by molar-refractivity contribution is 5.90. The van der Waals surface area contributed by atoms with Crippen molar-refractivity contribution in [1.29, 1.82) is 0 Å². The second kappa shape index (κ2) is 19.7. The van der Waals surface area contributed by atoms with Gasteiger partial charge in [0.2, 0.25) is 0 Å². The van der Waals surface area contributed by atoms with E-state index in [1.165, 1.54) is 0 Å². The molecule has 0 spiro atoms. The van der Waals surface area contributed by atoms with Crippen molar-refractivity contribution < 1.29 is 0 Å². The molecule has 0 saturated carbocycles. The first kappa shape index (κ1) is 43.5. The van der Waals surface area contributed by atoms with Gasteiger partial charge in [-0.15, -0.1) is 0 Å². The average molecular weight is 921 g/mol. The molecule has 0 atom stereocenters. The van der Waals surface area contributed by atoms with E-state index in [2.05, 4.69) is 231 Å². The van der Waals surface area contributed by atoms with E-state index in [-0.39, 0.29) is 0 Å². The maximum atomic E-state index is 5.26. The Labute approximate surface area is 418 Å². The number of aromatic nitrogens is 6. The maximum absolute atomic E-state index is 5.26. The van der Waals surface area contributed by atoms with E-state index in [0.717, 1.165) is 89.0 Å². The van der Waals surface area contributed by atoms with Crippen LogP contribution in [0, 0.1) is 0 Å². The number of rotatable bonds is 11. The topological polar surface area (TPSA) is 77.3 Å². The molecule has 0 saturated heterocycles. The molecule has 72 heavy (non-hydrogen) atoms. The summed E-state index contributed by atoms with van der Waals surface area (Å²) in [4.78, 5) is 31.3. The molecule has 12 aromatic rings. The van der Waals surface area contributed by atoms with Gasteiger partial charge in [0.05, 0.1) is 0 Å². The van der Waals surface area contributed by atoms with Crippen molar-refractivity contribution >= 4 is 0 Å². The third kappa shape index (κ3) is 9.11. The lowest BCUT2D eigenvalue weighted by molar-refractivity contribution is 1.07. The number of benzene rings is 10. The minimum absolute atomic E-state index is 0.550. The first-order valence-electron chi connectivity index (χ1n) is 24.0. The summed E-state index contributed by atoms with van der Waals surface area (Å²) in [6, 6.07) is 91.8. The Morgan fingerprint density at radius 1 is 0.125 bits per heavy atom. The molecule has 2 heterocycles.